The van der Waals surface area contributed by atoms with Gasteiger partial charge in [-0.25, -0.2) is 0 Å². The summed E-state index contributed by atoms with van der Waals surface area (Å²) < 4.78 is 17.6. The smallest absolute Gasteiger partial charge is 0.195 e. The Morgan fingerprint density at radius 1 is 1.04 bits per heavy atom. The average Bonchev–Trinajstić information content (AvgIpc) is 2.65. The maximum atomic E-state index is 13.4. The van der Waals surface area contributed by atoms with Crippen LogP contribution in [-0.2, 0) is 15.8 Å². The molecule has 0 aliphatic carbocycles. The number of ketones is 1. The fraction of sp³-hybridized carbons (Fsp3) is 0.409. The highest BCUT2D eigenvalue weighted by atomic mass is 28.4. The van der Waals surface area contributed by atoms with Crippen molar-refractivity contribution >= 4 is 14.1 Å². The van der Waals surface area contributed by atoms with Crippen LogP contribution in [0.25, 0.3) is 0 Å². The number of carbonyl (C=O) groups excluding carboxylic acids is 1. The summed E-state index contributed by atoms with van der Waals surface area (Å²) in [7, 11) is -0.397. The van der Waals surface area contributed by atoms with E-state index < -0.39 is 20.0 Å². The van der Waals surface area contributed by atoms with Gasteiger partial charge in [0.2, 0.25) is 0 Å². The van der Waals surface area contributed by atoms with Crippen LogP contribution in [0.5, 0.6) is 5.75 Å². The van der Waals surface area contributed by atoms with Crippen LogP contribution in [0.4, 0.5) is 0 Å². The molecule has 0 aliphatic heterocycles. The molecule has 0 saturated carbocycles. The van der Waals surface area contributed by atoms with E-state index in [1.54, 1.807) is 31.4 Å². The summed E-state index contributed by atoms with van der Waals surface area (Å²) in [6, 6.07) is 17.1. The Bertz CT molecular complexity index is 737. The molecule has 0 aliphatic rings. The Balaban J connectivity index is 2.25. The summed E-state index contributed by atoms with van der Waals surface area (Å²) in [5.74, 6) is 0.640. The van der Waals surface area contributed by atoms with Gasteiger partial charge >= 0.3 is 0 Å². The lowest BCUT2D eigenvalue weighted by molar-refractivity contribution is -0.0652. The molecule has 2 aromatic carbocycles. The fourth-order valence-electron chi connectivity index (χ4n) is 2.93. The van der Waals surface area contributed by atoms with E-state index in [2.05, 4.69) is 19.6 Å². The van der Waals surface area contributed by atoms with Crippen molar-refractivity contribution < 1.29 is 18.7 Å². The molecule has 0 aromatic heterocycles. The number of carbonyl (C=O) groups is 1. The van der Waals surface area contributed by atoms with Crippen LogP contribution < -0.4 is 4.74 Å². The van der Waals surface area contributed by atoms with Crippen molar-refractivity contribution in [2.45, 2.75) is 51.8 Å². The normalized spacial score (nSPS) is 15.0. The number of benzene rings is 2. The summed E-state index contributed by atoms with van der Waals surface area (Å²) in [5, 5.41) is 0. The molecule has 0 radical (unpaired) electrons. The number of ether oxygens (including phenoxy) is 2. The molecule has 0 amide bonds. The van der Waals surface area contributed by atoms with Crippen molar-refractivity contribution in [2.75, 3.05) is 7.11 Å². The zero-order chi connectivity index (χ0) is 20.1. The maximum Gasteiger partial charge on any atom is 0.195 e. The molecule has 2 aromatic rings. The van der Waals surface area contributed by atoms with Gasteiger partial charge in [0.05, 0.1) is 19.8 Å². The van der Waals surface area contributed by atoms with E-state index in [-0.39, 0.29) is 5.78 Å². The highest BCUT2D eigenvalue weighted by Gasteiger charge is 2.44. The molecule has 0 heterocycles. The second-order valence-corrected chi connectivity index (χ2v) is 12.2. The van der Waals surface area contributed by atoms with Crippen molar-refractivity contribution in [3.63, 3.8) is 0 Å². The number of hydrogen-bond acceptors (Lipinski definition) is 4. The summed E-state index contributed by atoms with van der Waals surface area (Å²) in [5.41, 5.74) is 0.594. The number of methoxy groups -OCH3 is 1. The molecule has 0 N–H and O–H groups in total. The minimum absolute atomic E-state index is 0.0758. The van der Waals surface area contributed by atoms with Gasteiger partial charge < -0.3 is 13.9 Å². The minimum atomic E-state index is -2.00. The first-order chi connectivity index (χ1) is 12.7. The molecule has 0 fully saturated rings. The predicted octanol–water partition coefficient (Wildman–Crippen LogP) is 5.09. The highest BCUT2D eigenvalue weighted by molar-refractivity contribution is 6.70. The summed E-state index contributed by atoms with van der Waals surface area (Å²) in [4.78, 5) is 13.4. The topological polar surface area (TPSA) is 44.8 Å². The lowest BCUT2D eigenvalue weighted by atomic mass is 9.90. The molecule has 27 heavy (non-hydrogen) atoms. The van der Waals surface area contributed by atoms with Crippen LogP contribution in [-0.4, -0.2) is 32.9 Å². The molecule has 0 saturated heterocycles. The van der Waals surface area contributed by atoms with Crippen molar-refractivity contribution in [3.8, 4) is 5.75 Å². The van der Waals surface area contributed by atoms with Gasteiger partial charge in [-0.1, -0.05) is 30.3 Å². The molecule has 0 spiro atoms. The third-order valence-electron chi connectivity index (χ3n) is 4.44. The van der Waals surface area contributed by atoms with Gasteiger partial charge in [0.25, 0.3) is 0 Å². The quantitative estimate of drug-likeness (QED) is 0.445. The first kappa shape index (κ1) is 21.3. The molecular formula is C22H30O4Si. The standard InChI is InChI=1S/C22H30O4Si/c1-17(25-16-18-10-8-7-9-11-18)22(2,26-27(4,5)6)21(23)19-12-14-20(24-3)15-13-19/h7-15,17H,16H2,1-6H3/t17-,22-/m1/s1. The predicted molar refractivity (Wildman–Crippen MR) is 111 cm³/mol. The SMILES string of the molecule is COc1ccc(C(=O)[C@](C)(O[Si](C)(C)C)[C@@H](C)OCc2ccccc2)cc1. The first-order valence-corrected chi connectivity index (χ1v) is 12.6. The van der Waals surface area contributed by atoms with Crippen molar-refractivity contribution in [3.05, 3.63) is 65.7 Å². The lowest BCUT2D eigenvalue weighted by Crippen LogP contribution is -2.54. The van der Waals surface area contributed by atoms with Crippen molar-refractivity contribution in [2.24, 2.45) is 0 Å². The zero-order valence-electron chi connectivity index (χ0n) is 17.1. The van der Waals surface area contributed by atoms with Crippen LogP contribution in [0.1, 0.15) is 29.8 Å². The Kier molecular flexibility index (Phi) is 6.98. The molecule has 0 unspecified atom stereocenters. The maximum absolute atomic E-state index is 13.4. The van der Waals surface area contributed by atoms with E-state index in [4.69, 9.17) is 13.9 Å². The highest BCUT2D eigenvalue weighted by Crippen LogP contribution is 2.29. The Morgan fingerprint density at radius 2 is 1.63 bits per heavy atom. The second-order valence-electron chi connectivity index (χ2n) is 7.82. The lowest BCUT2D eigenvalue weighted by Gasteiger charge is -2.39. The summed E-state index contributed by atoms with van der Waals surface area (Å²) >= 11 is 0. The average molecular weight is 387 g/mol. The molecule has 0 bridgehead atoms. The molecule has 2 atom stereocenters. The minimum Gasteiger partial charge on any atom is -0.497 e. The van der Waals surface area contributed by atoms with Gasteiger partial charge in [0.15, 0.2) is 14.1 Å². The molecular weight excluding hydrogens is 356 g/mol. The van der Waals surface area contributed by atoms with E-state index >= 15 is 0 Å². The zero-order valence-corrected chi connectivity index (χ0v) is 18.1. The van der Waals surface area contributed by atoms with Gasteiger partial charge in [0.1, 0.15) is 11.4 Å². The summed E-state index contributed by atoms with van der Waals surface area (Å²) in [6.45, 7) is 10.4. The van der Waals surface area contributed by atoms with Crippen molar-refractivity contribution in [1.29, 1.82) is 0 Å². The first-order valence-electron chi connectivity index (χ1n) is 9.20. The summed E-state index contributed by atoms with van der Waals surface area (Å²) in [6.07, 6.45) is -0.404. The Labute approximate surface area is 163 Å². The number of rotatable bonds is 9. The van der Waals surface area contributed by atoms with E-state index in [1.165, 1.54) is 0 Å². The Hall–Kier alpha value is -1.95. The van der Waals surface area contributed by atoms with Crippen LogP contribution in [0.3, 0.4) is 0 Å². The van der Waals surface area contributed by atoms with E-state index in [0.29, 0.717) is 17.9 Å². The van der Waals surface area contributed by atoms with Crippen LogP contribution in [0, 0.1) is 0 Å². The van der Waals surface area contributed by atoms with Gasteiger partial charge in [-0.3, -0.25) is 4.79 Å². The molecule has 5 heteroatoms. The van der Waals surface area contributed by atoms with E-state index in [1.807, 2.05) is 44.2 Å². The Morgan fingerprint density at radius 3 is 2.15 bits per heavy atom. The van der Waals surface area contributed by atoms with Crippen LogP contribution in [0.15, 0.2) is 54.6 Å². The largest absolute Gasteiger partial charge is 0.497 e. The molecule has 4 nitrogen and oxygen atoms in total. The fourth-order valence-corrected chi connectivity index (χ4v) is 4.46. The van der Waals surface area contributed by atoms with Gasteiger partial charge in [0, 0.05) is 5.56 Å². The third kappa shape index (κ3) is 5.76. The number of Topliss-reactive ketones (excluding diaryl/α,β-unsaturated/α-hetero) is 1. The van der Waals surface area contributed by atoms with Gasteiger partial charge in [-0.05, 0) is 63.3 Å². The van der Waals surface area contributed by atoms with Crippen LogP contribution in [0.2, 0.25) is 19.6 Å². The monoisotopic (exact) mass is 386 g/mol. The van der Waals surface area contributed by atoms with Crippen molar-refractivity contribution in [1.82, 2.24) is 0 Å². The van der Waals surface area contributed by atoms with Gasteiger partial charge in [-0.2, -0.15) is 0 Å². The molecule has 146 valence electrons. The third-order valence-corrected chi connectivity index (χ3v) is 5.48. The van der Waals surface area contributed by atoms with Gasteiger partial charge in [-0.15, -0.1) is 0 Å². The van der Waals surface area contributed by atoms with E-state index in [9.17, 15) is 4.79 Å². The van der Waals surface area contributed by atoms with Crippen LogP contribution >= 0.6 is 0 Å². The number of hydrogen-bond donors (Lipinski definition) is 0. The van der Waals surface area contributed by atoms with E-state index in [0.717, 1.165) is 5.56 Å². The molecule has 2 rings (SSSR count). The second kappa shape index (κ2) is 8.82.